The molecule has 0 unspecified atom stereocenters. The monoisotopic (exact) mass is 740 g/mol. The highest BCUT2D eigenvalue weighted by Crippen LogP contribution is 2.45. The van der Waals surface area contributed by atoms with Crippen LogP contribution in [0.15, 0.2) is 60.7 Å². The standard InChI is InChI=1S/C34H30F6N2O10/c1-47-15-21-9-19(10-22(16-48-2)31(21)51-29-7-5-25(41(43)44)13-27(29)33(35,36)37)20-11-23(17-49-3)32(24(12-20)18-50-4)52-30-8-6-26(42(45)46)14-28(30)34(38,39)40/h5-14H,15-18H2,1-4H3. The van der Waals surface area contributed by atoms with Gasteiger partial charge in [-0.3, -0.25) is 20.2 Å². The summed E-state index contributed by atoms with van der Waals surface area (Å²) in [7, 11) is 5.36. The Kier molecular flexibility index (Phi) is 12.4. The van der Waals surface area contributed by atoms with E-state index < -0.39 is 56.2 Å². The normalized spacial score (nSPS) is 11.8. The summed E-state index contributed by atoms with van der Waals surface area (Å²) < 4.78 is 117. The minimum Gasteiger partial charge on any atom is -0.456 e. The highest BCUT2D eigenvalue weighted by Gasteiger charge is 2.38. The van der Waals surface area contributed by atoms with Crippen LogP contribution in [-0.2, 0) is 57.7 Å². The lowest BCUT2D eigenvalue weighted by Crippen LogP contribution is -2.10. The van der Waals surface area contributed by atoms with Crippen molar-refractivity contribution in [2.45, 2.75) is 38.8 Å². The Morgan fingerprint density at radius 2 is 0.808 bits per heavy atom. The number of benzene rings is 4. The molecule has 4 rings (SSSR count). The Bertz CT molecular complexity index is 1760. The third-order valence-corrected chi connectivity index (χ3v) is 7.40. The Morgan fingerprint density at radius 3 is 1.04 bits per heavy atom. The zero-order valence-electron chi connectivity index (χ0n) is 27.8. The van der Waals surface area contributed by atoms with Crippen molar-refractivity contribution >= 4 is 11.4 Å². The fourth-order valence-electron chi connectivity index (χ4n) is 5.26. The van der Waals surface area contributed by atoms with E-state index in [2.05, 4.69) is 0 Å². The van der Waals surface area contributed by atoms with E-state index in [1.165, 1.54) is 28.4 Å². The second kappa shape index (κ2) is 16.4. The third-order valence-electron chi connectivity index (χ3n) is 7.40. The summed E-state index contributed by atoms with van der Waals surface area (Å²) in [5.41, 5.74) is -2.47. The molecule has 0 heterocycles. The van der Waals surface area contributed by atoms with E-state index in [-0.39, 0.29) is 60.2 Å². The van der Waals surface area contributed by atoms with Crippen LogP contribution < -0.4 is 9.47 Å². The Balaban J connectivity index is 1.90. The van der Waals surface area contributed by atoms with Crippen molar-refractivity contribution in [1.82, 2.24) is 0 Å². The van der Waals surface area contributed by atoms with Crippen molar-refractivity contribution in [3.05, 3.63) is 114 Å². The number of non-ortho nitro benzene ring substituents is 2. The predicted octanol–water partition coefficient (Wildman–Crippen LogP) is 9.38. The fraction of sp³-hybridized carbons (Fsp3) is 0.294. The van der Waals surface area contributed by atoms with Gasteiger partial charge in [0.05, 0.1) is 36.3 Å². The first-order valence-corrected chi connectivity index (χ1v) is 14.9. The highest BCUT2D eigenvalue weighted by molar-refractivity contribution is 5.71. The molecule has 0 N–H and O–H groups in total. The van der Waals surface area contributed by atoms with Gasteiger partial charge in [-0.15, -0.1) is 0 Å². The molecule has 0 fully saturated rings. The molecule has 278 valence electrons. The first-order valence-electron chi connectivity index (χ1n) is 14.9. The summed E-state index contributed by atoms with van der Waals surface area (Å²) in [6.07, 6.45) is -10.0. The van der Waals surface area contributed by atoms with Crippen molar-refractivity contribution in [2.75, 3.05) is 28.4 Å². The molecule has 0 aliphatic carbocycles. The zero-order chi connectivity index (χ0) is 38.4. The summed E-state index contributed by atoms with van der Waals surface area (Å²) in [4.78, 5) is 20.5. The van der Waals surface area contributed by atoms with Crippen LogP contribution in [0.1, 0.15) is 33.4 Å². The average Bonchev–Trinajstić information content (AvgIpc) is 3.06. The summed E-state index contributed by atoms with van der Waals surface area (Å²) in [5, 5.41) is 22.4. The highest BCUT2D eigenvalue weighted by atomic mass is 19.4. The van der Waals surface area contributed by atoms with Crippen molar-refractivity contribution in [1.29, 1.82) is 0 Å². The van der Waals surface area contributed by atoms with Gasteiger partial charge in [0.1, 0.15) is 34.1 Å². The maximum atomic E-state index is 14.0. The van der Waals surface area contributed by atoms with Crippen molar-refractivity contribution in [2.24, 2.45) is 0 Å². The van der Waals surface area contributed by atoms with Crippen LogP contribution in [0.3, 0.4) is 0 Å². The number of nitrogens with zero attached hydrogens (tertiary/aromatic N) is 2. The van der Waals surface area contributed by atoms with Crippen molar-refractivity contribution < 1.29 is 64.6 Å². The number of methoxy groups -OCH3 is 4. The van der Waals surface area contributed by atoms with Crippen molar-refractivity contribution in [3.63, 3.8) is 0 Å². The molecule has 0 saturated carbocycles. The second-order valence-electron chi connectivity index (χ2n) is 11.1. The van der Waals surface area contributed by atoms with Crippen LogP contribution in [0.5, 0.6) is 23.0 Å². The number of nitro benzene ring substituents is 2. The van der Waals surface area contributed by atoms with E-state index in [4.69, 9.17) is 28.4 Å². The fourth-order valence-corrected chi connectivity index (χ4v) is 5.26. The molecule has 52 heavy (non-hydrogen) atoms. The maximum Gasteiger partial charge on any atom is 0.420 e. The van der Waals surface area contributed by atoms with Crippen LogP contribution in [0.4, 0.5) is 37.7 Å². The third kappa shape index (κ3) is 9.13. The number of ether oxygens (including phenoxy) is 6. The van der Waals surface area contributed by atoms with Gasteiger partial charge >= 0.3 is 12.4 Å². The number of hydrogen-bond donors (Lipinski definition) is 0. The Hall–Kier alpha value is -5.30. The molecule has 0 bridgehead atoms. The summed E-state index contributed by atoms with van der Waals surface area (Å²) in [6, 6.07) is 10.4. The molecule has 0 spiro atoms. The molecule has 0 atom stereocenters. The molecule has 4 aromatic rings. The number of alkyl halides is 6. The van der Waals surface area contributed by atoms with E-state index in [9.17, 15) is 46.6 Å². The Labute approximate surface area is 291 Å². The molecule has 18 heteroatoms. The number of halogens is 6. The number of nitro groups is 2. The molecule has 0 radical (unpaired) electrons. The Morgan fingerprint density at radius 1 is 0.519 bits per heavy atom. The van der Waals surface area contributed by atoms with Gasteiger partial charge in [-0.2, -0.15) is 26.3 Å². The van der Waals surface area contributed by atoms with Crippen LogP contribution in [0.25, 0.3) is 11.1 Å². The van der Waals surface area contributed by atoms with Gasteiger partial charge in [-0.05, 0) is 47.5 Å². The van der Waals surface area contributed by atoms with E-state index in [0.717, 1.165) is 24.3 Å². The summed E-state index contributed by atoms with van der Waals surface area (Å²) in [5.74, 6) is -1.56. The molecule has 0 amide bonds. The summed E-state index contributed by atoms with van der Waals surface area (Å²) in [6.45, 7) is -0.700. The van der Waals surface area contributed by atoms with Crippen LogP contribution in [-0.4, -0.2) is 38.3 Å². The van der Waals surface area contributed by atoms with Gasteiger partial charge in [-0.1, -0.05) is 0 Å². The molecule has 0 aliphatic heterocycles. The van der Waals surface area contributed by atoms with Gasteiger partial charge in [0, 0.05) is 75.0 Å². The van der Waals surface area contributed by atoms with E-state index in [0.29, 0.717) is 23.3 Å². The van der Waals surface area contributed by atoms with E-state index in [1.54, 1.807) is 24.3 Å². The zero-order valence-corrected chi connectivity index (χ0v) is 27.8. The van der Waals surface area contributed by atoms with Gasteiger partial charge in [0.15, 0.2) is 0 Å². The lowest BCUT2D eigenvalue weighted by atomic mass is 9.95. The van der Waals surface area contributed by atoms with Crippen molar-refractivity contribution in [3.8, 4) is 34.1 Å². The second-order valence-corrected chi connectivity index (χ2v) is 11.1. The van der Waals surface area contributed by atoms with Crippen LogP contribution in [0, 0.1) is 20.2 Å². The first-order chi connectivity index (χ1) is 24.5. The molecule has 4 aromatic carbocycles. The predicted molar refractivity (Wildman–Crippen MR) is 171 cm³/mol. The SMILES string of the molecule is COCc1cc(-c2cc(COC)c(Oc3ccc([N+](=O)[O-])cc3C(F)(F)F)c(COC)c2)cc(COC)c1Oc1ccc([N+](=O)[O-])cc1C(F)(F)F. The van der Waals surface area contributed by atoms with Gasteiger partial charge in [-0.25, -0.2) is 0 Å². The van der Waals surface area contributed by atoms with Gasteiger partial charge < -0.3 is 28.4 Å². The molecular formula is C34H30F6N2O10. The summed E-state index contributed by atoms with van der Waals surface area (Å²) >= 11 is 0. The lowest BCUT2D eigenvalue weighted by molar-refractivity contribution is -0.385. The van der Waals surface area contributed by atoms with Gasteiger partial charge in [0.2, 0.25) is 0 Å². The minimum atomic E-state index is -5.02. The smallest absolute Gasteiger partial charge is 0.420 e. The average molecular weight is 741 g/mol. The van der Waals surface area contributed by atoms with E-state index >= 15 is 0 Å². The van der Waals surface area contributed by atoms with Gasteiger partial charge in [0.25, 0.3) is 11.4 Å². The maximum absolute atomic E-state index is 14.0. The quantitative estimate of drug-likeness (QED) is 0.0657. The van der Waals surface area contributed by atoms with Crippen LogP contribution in [0.2, 0.25) is 0 Å². The topological polar surface area (TPSA) is 142 Å². The lowest BCUT2D eigenvalue weighted by Gasteiger charge is -2.22. The largest absolute Gasteiger partial charge is 0.456 e. The van der Waals surface area contributed by atoms with Crippen LogP contribution >= 0.6 is 0 Å². The molecule has 0 aromatic heterocycles. The first kappa shape index (κ1) is 39.5. The molecule has 0 aliphatic rings. The minimum absolute atomic E-state index is 0.0705. The molecule has 0 saturated heterocycles. The molecular weight excluding hydrogens is 710 g/mol. The number of hydrogen-bond acceptors (Lipinski definition) is 10. The van der Waals surface area contributed by atoms with E-state index in [1.807, 2.05) is 0 Å². The number of rotatable bonds is 15. The molecule has 12 nitrogen and oxygen atoms in total.